The molecular formula is C22H27NO5S3. The van der Waals surface area contributed by atoms with Crippen LogP contribution in [0.5, 0.6) is 0 Å². The highest BCUT2D eigenvalue weighted by Crippen LogP contribution is 2.32. The Kier molecular flexibility index (Phi) is 9.93. The van der Waals surface area contributed by atoms with Crippen LogP contribution in [0.4, 0.5) is 4.79 Å². The van der Waals surface area contributed by atoms with Gasteiger partial charge in [-0.1, -0.05) is 64.1 Å². The van der Waals surface area contributed by atoms with E-state index in [1.807, 2.05) is 54.6 Å². The van der Waals surface area contributed by atoms with Crippen molar-refractivity contribution in [1.29, 1.82) is 0 Å². The Hall–Kier alpha value is -1.97. The van der Waals surface area contributed by atoms with Crippen molar-refractivity contribution in [3.05, 3.63) is 65.7 Å². The Morgan fingerprint density at radius 1 is 1.06 bits per heavy atom. The summed E-state index contributed by atoms with van der Waals surface area (Å²) >= 11 is 0. The molecule has 0 aliphatic heterocycles. The van der Waals surface area contributed by atoms with Crippen LogP contribution in [0.3, 0.4) is 0 Å². The molecule has 2 rings (SSSR count). The van der Waals surface area contributed by atoms with Gasteiger partial charge in [0.05, 0.1) is 0 Å². The first-order valence-corrected chi connectivity index (χ1v) is 13.4. The minimum absolute atomic E-state index is 0.170. The van der Waals surface area contributed by atoms with Gasteiger partial charge in [0.1, 0.15) is 11.6 Å². The number of ether oxygens (including phenoxy) is 1. The van der Waals surface area contributed by atoms with E-state index in [4.69, 9.17) is 4.74 Å². The first-order valence-electron chi connectivity index (χ1n) is 9.62. The molecule has 2 aromatic carbocycles. The van der Waals surface area contributed by atoms with E-state index in [-0.39, 0.29) is 5.75 Å². The number of benzene rings is 2. The highest BCUT2D eigenvalue weighted by atomic mass is 33.1. The van der Waals surface area contributed by atoms with Crippen LogP contribution in [0.15, 0.2) is 59.5 Å². The third-order valence-corrected chi connectivity index (χ3v) is 7.46. The molecule has 2 unspecified atom stereocenters. The van der Waals surface area contributed by atoms with E-state index in [0.717, 1.165) is 16.0 Å². The SMILES string of the molecule is CC(C)(C)OC(=O)NC(CSSc1cccc(CS(=O)Cc2ccccc2)c1)C(=O)O. The molecule has 0 heterocycles. The first kappa shape index (κ1) is 25.3. The van der Waals surface area contributed by atoms with Gasteiger partial charge < -0.3 is 15.2 Å². The Bertz CT molecular complexity index is 900. The number of hydrogen-bond acceptors (Lipinski definition) is 6. The third kappa shape index (κ3) is 10.3. The molecule has 0 bridgehead atoms. The maximum atomic E-state index is 12.5. The molecule has 0 aliphatic rings. The Balaban J connectivity index is 1.85. The zero-order valence-corrected chi connectivity index (χ0v) is 20.1. The molecule has 0 fully saturated rings. The largest absolute Gasteiger partial charge is 0.480 e. The van der Waals surface area contributed by atoms with Gasteiger partial charge in [-0.05, 0) is 44.0 Å². The van der Waals surface area contributed by atoms with Gasteiger partial charge in [-0.25, -0.2) is 9.59 Å². The summed E-state index contributed by atoms with van der Waals surface area (Å²) in [5, 5.41) is 11.7. The lowest BCUT2D eigenvalue weighted by Gasteiger charge is -2.21. The Morgan fingerprint density at radius 2 is 1.71 bits per heavy atom. The maximum Gasteiger partial charge on any atom is 0.408 e. The fraction of sp³-hybridized carbons (Fsp3) is 0.364. The number of carboxylic acid groups (broad SMARTS) is 1. The zero-order valence-electron chi connectivity index (χ0n) is 17.7. The van der Waals surface area contributed by atoms with Gasteiger partial charge in [0.15, 0.2) is 0 Å². The van der Waals surface area contributed by atoms with Crippen LogP contribution in [0.2, 0.25) is 0 Å². The summed E-state index contributed by atoms with van der Waals surface area (Å²) in [4.78, 5) is 24.2. The highest BCUT2D eigenvalue weighted by Gasteiger charge is 2.24. The molecule has 6 nitrogen and oxygen atoms in total. The quantitative estimate of drug-likeness (QED) is 0.469. The Morgan fingerprint density at radius 3 is 2.35 bits per heavy atom. The molecule has 2 atom stereocenters. The van der Waals surface area contributed by atoms with Crippen LogP contribution in [0.1, 0.15) is 31.9 Å². The molecule has 1 amide bonds. The average Bonchev–Trinajstić information content (AvgIpc) is 2.66. The predicted molar refractivity (Wildman–Crippen MR) is 128 cm³/mol. The number of carbonyl (C=O) groups excluding carboxylic acids is 1. The molecule has 0 aromatic heterocycles. The number of carboxylic acids is 1. The van der Waals surface area contributed by atoms with Crippen LogP contribution in [-0.2, 0) is 31.8 Å². The van der Waals surface area contributed by atoms with E-state index in [1.54, 1.807) is 20.8 Å². The maximum absolute atomic E-state index is 12.5. The van der Waals surface area contributed by atoms with Gasteiger partial charge in [0.2, 0.25) is 0 Å². The smallest absolute Gasteiger partial charge is 0.408 e. The molecule has 9 heteroatoms. The van der Waals surface area contributed by atoms with Crippen molar-refractivity contribution in [2.45, 2.75) is 48.8 Å². The van der Waals surface area contributed by atoms with Crippen LogP contribution in [0.25, 0.3) is 0 Å². The van der Waals surface area contributed by atoms with Crippen molar-refractivity contribution in [1.82, 2.24) is 5.32 Å². The normalized spacial score (nSPS) is 13.3. The molecule has 0 aliphatic carbocycles. The van der Waals surface area contributed by atoms with Crippen LogP contribution >= 0.6 is 21.6 Å². The van der Waals surface area contributed by atoms with E-state index in [2.05, 4.69) is 5.32 Å². The topological polar surface area (TPSA) is 92.7 Å². The monoisotopic (exact) mass is 481 g/mol. The number of rotatable bonds is 10. The summed E-state index contributed by atoms with van der Waals surface area (Å²) in [6.45, 7) is 5.15. The van der Waals surface area contributed by atoms with Crippen molar-refractivity contribution in [2.75, 3.05) is 5.75 Å². The third-order valence-electron chi connectivity index (χ3n) is 3.78. The van der Waals surface area contributed by atoms with Gasteiger partial charge in [0.25, 0.3) is 0 Å². The zero-order chi connectivity index (χ0) is 22.9. The number of aliphatic carboxylic acids is 1. The van der Waals surface area contributed by atoms with E-state index in [9.17, 15) is 18.9 Å². The van der Waals surface area contributed by atoms with Crippen molar-refractivity contribution in [3.63, 3.8) is 0 Å². The van der Waals surface area contributed by atoms with E-state index >= 15 is 0 Å². The number of hydrogen-bond donors (Lipinski definition) is 2. The second-order valence-corrected chi connectivity index (χ2v) is 11.6. The lowest BCUT2D eigenvalue weighted by atomic mass is 10.2. The second-order valence-electron chi connectivity index (χ2n) is 7.77. The van der Waals surface area contributed by atoms with Crippen molar-refractivity contribution < 1.29 is 23.6 Å². The summed E-state index contributed by atoms with van der Waals surface area (Å²) in [7, 11) is 1.72. The van der Waals surface area contributed by atoms with Gasteiger partial charge in [-0.3, -0.25) is 4.21 Å². The molecule has 0 radical (unpaired) electrons. The molecule has 31 heavy (non-hydrogen) atoms. The average molecular weight is 482 g/mol. The summed E-state index contributed by atoms with van der Waals surface area (Å²) in [5.74, 6) is 0.00264. The lowest BCUT2D eigenvalue weighted by Crippen LogP contribution is -2.44. The molecule has 168 valence electrons. The highest BCUT2D eigenvalue weighted by molar-refractivity contribution is 8.76. The second kappa shape index (κ2) is 12.2. The van der Waals surface area contributed by atoms with Crippen molar-refractivity contribution in [3.8, 4) is 0 Å². The molecule has 2 aromatic rings. The van der Waals surface area contributed by atoms with Crippen molar-refractivity contribution in [2.24, 2.45) is 0 Å². The predicted octanol–water partition coefficient (Wildman–Crippen LogP) is 4.85. The van der Waals surface area contributed by atoms with Gasteiger partial charge in [-0.2, -0.15) is 0 Å². The summed E-state index contributed by atoms with van der Waals surface area (Å²) in [6.07, 6.45) is -0.756. The summed E-state index contributed by atoms with van der Waals surface area (Å²) in [6, 6.07) is 16.4. The Labute approximate surface area is 193 Å². The first-order chi connectivity index (χ1) is 14.6. The number of carbonyl (C=O) groups is 2. The van der Waals surface area contributed by atoms with Crippen LogP contribution in [0, 0.1) is 0 Å². The minimum atomic E-state index is -1.12. The van der Waals surface area contributed by atoms with Crippen LogP contribution in [-0.4, -0.2) is 38.8 Å². The molecular weight excluding hydrogens is 454 g/mol. The van der Waals surface area contributed by atoms with Gasteiger partial charge in [-0.15, -0.1) is 0 Å². The number of amides is 1. The molecule has 0 spiro atoms. The minimum Gasteiger partial charge on any atom is -0.480 e. The fourth-order valence-electron chi connectivity index (χ4n) is 2.48. The lowest BCUT2D eigenvalue weighted by molar-refractivity contribution is -0.138. The molecule has 0 saturated carbocycles. The van der Waals surface area contributed by atoms with E-state index < -0.39 is 34.5 Å². The van der Waals surface area contributed by atoms with Crippen molar-refractivity contribution >= 4 is 44.4 Å². The molecule has 0 saturated heterocycles. The van der Waals surface area contributed by atoms with Crippen LogP contribution < -0.4 is 5.32 Å². The van der Waals surface area contributed by atoms with E-state index in [0.29, 0.717) is 11.5 Å². The van der Waals surface area contributed by atoms with E-state index in [1.165, 1.54) is 21.6 Å². The van der Waals surface area contributed by atoms with Gasteiger partial charge in [0, 0.05) is 33.0 Å². The molecule has 2 N–H and O–H groups in total. The summed E-state index contributed by atoms with van der Waals surface area (Å²) < 4.78 is 17.6. The summed E-state index contributed by atoms with van der Waals surface area (Å²) in [5.41, 5.74) is 1.30. The number of alkyl carbamates (subject to hydrolysis) is 1. The standard InChI is InChI=1S/C22H27NO5S3/c1-22(2,3)28-21(26)23-19(20(24)25)13-29-30-18-11-7-10-17(12-18)15-31(27)14-16-8-5-4-6-9-16/h4-12,19H,13-15H2,1-3H3,(H,23,26)(H,24,25). The number of nitrogens with one attached hydrogen (secondary N) is 1. The van der Waals surface area contributed by atoms with Gasteiger partial charge >= 0.3 is 12.1 Å². The fourth-order valence-corrected chi connectivity index (χ4v) is 5.93.